The van der Waals surface area contributed by atoms with Crippen molar-refractivity contribution in [3.63, 3.8) is 0 Å². The van der Waals surface area contributed by atoms with Crippen LogP contribution in [0.5, 0.6) is 0 Å². The van der Waals surface area contributed by atoms with Crippen LogP contribution in [0.25, 0.3) is 0 Å². The Balaban J connectivity index is 2.08. The molecule has 1 N–H and O–H groups in total. The fraction of sp³-hybridized carbons (Fsp3) is 0.556. The van der Waals surface area contributed by atoms with Gasteiger partial charge in [-0.25, -0.2) is 0 Å². The van der Waals surface area contributed by atoms with Gasteiger partial charge in [-0.15, -0.1) is 0 Å². The highest BCUT2D eigenvalue weighted by molar-refractivity contribution is 9.10. The quantitative estimate of drug-likeness (QED) is 0.802. The highest BCUT2D eigenvalue weighted by Gasteiger charge is 2.17. The first kappa shape index (κ1) is 8.32. The lowest BCUT2D eigenvalue weighted by Crippen LogP contribution is -2.26. The Morgan fingerprint density at radius 2 is 2.42 bits per heavy atom. The lowest BCUT2D eigenvalue weighted by atomic mass is 10.0. The van der Waals surface area contributed by atoms with Crippen LogP contribution in [0.15, 0.2) is 21.2 Å². The molecule has 0 radical (unpaired) electrons. The molecule has 2 rings (SSSR count). The number of furan rings is 1. The molecule has 0 spiro atoms. The van der Waals surface area contributed by atoms with Gasteiger partial charge in [0.1, 0.15) is 12.0 Å². The van der Waals surface area contributed by atoms with E-state index in [-0.39, 0.29) is 0 Å². The zero-order valence-electron chi connectivity index (χ0n) is 6.85. The molecule has 1 aromatic rings. The summed E-state index contributed by atoms with van der Waals surface area (Å²) in [6.07, 6.45) is 5.53. The van der Waals surface area contributed by atoms with Gasteiger partial charge in [-0.3, -0.25) is 0 Å². The van der Waals surface area contributed by atoms with Gasteiger partial charge in [-0.1, -0.05) is 6.42 Å². The van der Waals surface area contributed by atoms with Gasteiger partial charge in [0, 0.05) is 0 Å². The third-order valence-electron chi connectivity index (χ3n) is 2.24. The Hall–Kier alpha value is -0.280. The molecule has 1 aliphatic heterocycles. The predicted octanol–water partition coefficient (Wildman–Crippen LogP) is 2.86. The average molecular weight is 230 g/mol. The summed E-state index contributed by atoms with van der Waals surface area (Å²) in [6.45, 7) is 1.11. The van der Waals surface area contributed by atoms with Gasteiger partial charge < -0.3 is 9.73 Å². The Bertz CT molecular complexity index is 253. The van der Waals surface area contributed by atoms with Crippen molar-refractivity contribution in [3.8, 4) is 0 Å². The molecule has 2 nitrogen and oxygen atoms in total. The second kappa shape index (κ2) is 3.62. The summed E-state index contributed by atoms with van der Waals surface area (Å²) in [7, 11) is 0. The summed E-state index contributed by atoms with van der Waals surface area (Å²) in [5.74, 6) is 1.06. The van der Waals surface area contributed by atoms with Crippen molar-refractivity contribution in [2.45, 2.75) is 25.3 Å². The van der Waals surface area contributed by atoms with Crippen LogP contribution in [0.2, 0.25) is 0 Å². The van der Waals surface area contributed by atoms with Gasteiger partial charge in [0.2, 0.25) is 0 Å². The zero-order valence-corrected chi connectivity index (χ0v) is 8.43. The van der Waals surface area contributed by atoms with Crippen LogP contribution in [0.1, 0.15) is 31.1 Å². The molecule has 1 aromatic heterocycles. The van der Waals surface area contributed by atoms with Crippen molar-refractivity contribution < 1.29 is 4.42 Å². The summed E-state index contributed by atoms with van der Waals surface area (Å²) < 4.78 is 6.43. The molecule has 2 heterocycles. The standard InChI is InChI=1S/C9H12BrNO/c10-7-5-9(12-6-7)8-3-1-2-4-11-8/h5-6,8,11H,1-4H2/t8-/m0/s1. The molecule has 1 saturated heterocycles. The summed E-state index contributed by atoms with van der Waals surface area (Å²) in [4.78, 5) is 0. The normalized spacial score (nSPS) is 24.2. The van der Waals surface area contributed by atoms with Crippen LogP contribution >= 0.6 is 15.9 Å². The third-order valence-corrected chi connectivity index (χ3v) is 2.66. The van der Waals surface area contributed by atoms with Crippen molar-refractivity contribution in [2.75, 3.05) is 6.54 Å². The third kappa shape index (κ3) is 1.72. The number of halogens is 1. The van der Waals surface area contributed by atoms with Gasteiger partial charge in [0.15, 0.2) is 0 Å². The first-order chi connectivity index (χ1) is 5.86. The first-order valence-electron chi connectivity index (χ1n) is 4.33. The van der Waals surface area contributed by atoms with Crippen molar-refractivity contribution in [3.05, 3.63) is 22.6 Å². The van der Waals surface area contributed by atoms with E-state index in [2.05, 4.69) is 21.2 Å². The van der Waals surface area contributed by atoms with E-state index in [1.807, 2.05) is 6.07 Å². The molecule has 3 heteroatoms. The molecule has 0 saturated carbocycles. The van der Waals surface area contributed by atoms with Crippen LogP contribution in [0.4, 0.5) is 0 Å². The Kier molecular flexibility index (Phi) is 2.51. The lowest BCUT2D eigenvalue weighted by molar-refractivity contribution is 0.349. The second-order valence-corrected chi connectivity index (χ2v) is 4.09. The maximum atomic E-state index is 5.39. The van der Waals surface area contributed by atoms with Crippen molar-refractivity contribution in [2.24, 2.45) is 0 Å². The summed E-state index contributed by atoms with van der Waals surface area (Å²) in [6, 6.07) is 2.48. The van der Waals surface area contributed by atoms with Crippen LogP contribution in [-0.4, -0.2) is 6.54 Å². The van der Waals surface area contributed by atoms with Gasteiger partial charge in [-0.2, -0.15) is 0 Å². The number of hydrogen-bond acceptors (Lipinski definition) is 2. The van der Waals surface area contributed by atoms with Crippen LogP contribution in [-0.2, 0) is 0 Å². The van der Waals surface area contributed by atoms with Crippen molar-refractivity contribution in [1.82, 2.24) is 5.32 Å². The van der Waals surface area contributed by atoms with Gasteiger partial charge in [-0.05, 0) is 41.4 Å². The summed E-state index contributed by atoms with van der Waals surface area (Å²) in [5.41, 5.74) is 0. The Morgan fingerprint density at radius 3 is 3.00 bits per heavy atom. The van der Waals surface area contributed by atoms with Crippen LogP contribution in [0, 0.1) is 0 Å². The molecule has 12 heavy (non-hydrogen) atoms. The van der Waals surface area contributed by atoms with Crippen LogP contribution in [0.3, 0.4) is 0 Å². The number of hydrogen-bond donors (Lipinski definition) is 1. The molecule has 0 aromatic carbocycles. The highest BCUT2D eigenvalue weighted by atomic mass is 79.9. The Morgan fingerprint density at radius 1 is 1.50 bits per heavy atom. The molecule has 1 atom stereocenters. The molecule has 1 aliphatic rings. The van der Waals surface area contributed by atoms with Crippen LogP contribution < -0.4 is 5.32 Å². The molecule has 0 unspecified atom stereocenters. The van der Waals surface area contributed by atoms with E-state index in [9.17, 15) is 0 Å². The molecule has 0 amide bonds. The minimum atomic E-state index is 0.435. The average Bonchev–Trinajstić information content (AvgIpc) is 2.54. The molecule has 1 fully saturated rings. The van der Waals surface area contributed by atoms with E-state index in [0.717, 1.165) is 16.8 Å². The van der Waals surface area contributed by atoms with Crippen molar-refractivity contribution >= 4 is 15.9 Å². The van der Waals surface area contributed by atoms with E-state index in [1.165, 1.54) is 19.3 Å². The van der Waals surface area contributed by atoms with E-state index < -0.39 is 0 Å². The highest BCUT2D eigenvalue weighted by Crippen LogP contribution is 2.26. The van der Waals surface area contributed by atoms with E-state index in [4.69, 9.17) is 4.42 Å². The smallest absolute Gasteiger partial charge is 0.121 e. The molecular weight excluding hydrogens is 218 g/mol. The summed E-state index contributed by atoms with van der Waals surface area (Å²) >= 11 is 3.38. The van der Waals surface area contributed by atoms with Crippen molar-refractivity contribution in [1.29, 1.82) is 0 Å². The largest absolute Gasteiger partial charge is 0.466 e. The topological polar surface area (TPSA) is 25.2 Å². The number of nitrogens with one attached hydrogen (secondary N) is 1. The van der Waals surface area contributed by atoms with E-state index in [1.54, 1.807) is 6.26 Å². The van der Waals surface area contributed by atoms with E-state index >= 15 is 0 Å². The molecule has 0 bridgehead atoms. The molecular formula is C9H12BrNO. The first-order valence-corrected chi connectivity index (χ1v) is 5.13. The fourth-order valence-electron chi connectivity index (χ4n) is 1.61. The fourth-order valence-corrected chi connectivity index (χ4v) is 1.92. The minimum Gasteiger partial charge on any atom is -0.466 e. The van der Waals surface area contributed by atoms with E-state index in [0.29, 0.717) is 6.04 Å². The summed E-state index contributed by atoms with van der Waals surface area (Å²) in [5, 5.41) is 3.43. The van der Waals surface area contributed by atoms with Gasteiger partial charge in [0.25, 0.3) is 0 Å². The monoisotopic (exact) mass is 229 g/mol. The SMILES string of the molecule is Brc1coc([C@@H]2CCCCN2)c1. The van der Waals surface area contributed by atoms with Gasteiger partial charge in [0.05, 0.1) is 10.5 Å². The maximum absolute atomic E-state index is 5.39. The lowest BCUT2D eigenvalue weighted by Gasteiger charge is -2.21. The number of piperidine rings is 1. The zero-order chi connectivity index (χ0) is 8.39. The van der Waals surface area contributed by atoms with Gasteiger partial charge >= 0.3 is 0 Å². The minimum absolute atomic E-state index is 0.435. The maximum Gasteiger partial charge on any atom is 0.121 e. The Labute approximate surface area is 80.5 Å². The number of rotatable bonds is 1. The molecule has 0 aliphatic carbocycles. The second-order valence-electron chi connectivity index (χ2n) is 3.17. The molecule has 66 valence electrons. The predicted molar refractivity (Wildman–Crippen MR) is 51.0 cm³/mol.